The lowest BCUT2D eigenvalue weighted by atomic mass is 10.00. The van der Waals surface area contributed by atoms with Crippen LogP contribution in [0.3, 0.4) is 0 Å². The third-order valence-corrected chi connectivity index (χ3v) is 10.3. The van der Waals surface area contributed by atoms with E-state index >= 15 is 0 Å². The molecule has 0 radical (unpaired) electrons. The van der Waals surface area contributed by atoms with E-state index in [4.69, 9.17) is 10.7 Å². The van der Waals surface area contributed by atoms with E-state index in [1.807, 2.05) is 30.6 Å². The van der Waals surface area contributed by atoms with Gasteiger partial charge in [0.25, 0.3) is 0 Å². The van der Waals surface area contributed by atoms with Crippen molar-refractivity contribution in [3.63, 3.8) is 0 Å². The van der Waals surface area contributed by atoms with E-state index in [0.29, 0.717) is 5.69 Å². The molecule has 0 spiro atoms. The van der Waals surface area contributed by atoms with Crippen molar-refractivity contribution < 1.29 is 4.55 Å². The van der Waals surface area contributed by atoms with E-state index in [0.717, 1.165) is 88.2 Å². The summed E-state index contributed by atoms with van der Waals surface area (Å²) in [5.74, 6) is 0.754. The van der Waals surface area contributed by atoms with Gasteiger partial charge in [0.05, 0.1) is 5.69 Å². The zero-order chi connectivity index (χ0) is 23.9. The van der Waals surface area contributed by atoms with E-state index in [9.17, 15) is 4.55 Å². The highest BCUT2D eigenvalue weighted by Gasteiger charge is 2.35. The molecule has 1 saturated heterocycles. The second-order valence-electron chi connectivity index (χ2n) is 9.32. The molecule has 1 aromatic carbocycles. The van der Waals surface area contributed by atoms with Gasteiger partial charge in [0.1, 0.15) is 15.8 Å². The number of fused-ring (bicyclic) bond motifs is 1. The lowest BCUT2D eigenvalue weighted by molar-refractivity contribution is 0.311. The molecule has 4 heterocycles. The van der Waals surface area contributed by atoms with Crippen LogP contribution in [0.4, 0.5) is 11.6 Å². The fourth-order valence-electron chi connectivity index (χ4n) is 4.60. The predicted octanol–water partition coefficient (Wildman–Crippen LogP) is 4.41. The largest absolute Gasteiger partial charge is 0.611 e. The topological polar surface area (TPSA) is 94.2 Å². The van der Waals surface area contributed by atoms with E-state index in [2.05, 4.69) is 45.0 Å². The van der Waals surface area contributed by atoms with Gasteiger partial charge in [-0.25, -0.2) is 15.0 Å². The number of rotatable bonds is 5. The van der Waals surface area contributed by atoms with Gasteiger partial charge >= 0.3 is 0 Å². The number of benzene rings is 1. The third-order valence-electron chi connectivity index (χ3n) is 7.01. The van der Waals surface area contributed by atoms with Crippen LogP contribution < -0.4 is 10.6 Å². The Bertz CT molecular complexity index is 1330. The van der Waals surface area contributed by atoms with Gasteiger partial charge in [-0.15, -0.1) is 0 Å². The van der Waals surface area contributed by atoms with Crippen LogP contribution in [0.5, 0.6) is 0 Å². The molecule has 0 amide bonds. The van der Waals surface area contributed by atoms with Crippen LogP contribution in [0.25, 0.3) is 32.6 Å². The van der Waals surface area contributed by atoms with Crippen molar-refractivity contribution in [2.75, 3.05) is 43.9 Å². The van der Waals surface area contributed by atoms with Crippen LogP contribution in [-0.2, 0) is 11.2 Å². The quantitative estimate of drug-likeness (QED) is 0.402. The number of piperazine rings is 1. The minimum absolute atomic E-state index is 0.209. The standard InChI is InChI=1S/C26H28N6OS2/c1-31-10-12-32(13-11-31)26-28-15-18(16-29-26)21-14-20(17-6-3-2-4-7-17)22-23(27)25(34-24(22)30-21)35(33)19-8-5-9-19/h2-4,6-7,14-16,19H,5,8-13,27H2,1H3/t35-/m0/s1. The Morgan fingerprint density at radius 3 is 2.40 bits per heavy atom. The summed E-state index contributed by atoms with van der Waals surface area (Å²) in [6, 6.07) is 12.2. The fraction of sp³-hybridized carbons (Fsp3) is 0.346. The van der Waals surface area contributed by atoms with Crippen molar-refractivity contribution in [2.45, 2.75) is 28.7 Å². The molecule has 4 aromatic rings. The summed E-state index contributed by atoms with van der Waals surface area (Å²) >= 11 is 0.373. The molecule has 1 aliphatic carbocycles. The maximum Gasteiger partial charge on any atom is 0.232 e. The number of nitrogens with zero attached hydrogens (tertiary/aromatic N) is 5. The molecule has 35 heavy (non-hydrogen) atoms. The molecule has 0 unspecified atom stereocenters. The van der Waals surface area contributed by atoms with Crippen LogP contribution in [0.1, 0.15) is 19.3 Å². The monoisotopic (exact) mass is 504 g/mol. The Morgan fingerprint density at radius 2 is 1.74 bits per heavy atom. The molecule has 6 rings (SSSR count). The van der Waals surface area contributed by atoms with Gasteiger partial charge in [0, 0.05) is 60.7 Å². The van der Waals surface area contributed by atoms with Crippen LogP contribution >= 0.6 is 11.3 Å². The maximum atomic E-state index is 13.2. The van der Waals surface area contributed by atoms with Crippen molar-refractivity contribution >= 4 is 44.4 Å². The molecule has 9 heteroatoms. The highest BCUT2D eigenvalue weighted by atomic mass is 32.2. The molecular weight excluding hydrogens is 476 g/mol. The Hall–Kier alpha value is -2.72. The molecule has 1 atom stereocenters. The zero-order valence-electron chi connectivity index (χ0n) is 19.7. The first-order valence-electron chi connectivity index (χ1n) is 12.0. The van der Waals surface area contributed by atoms with Crippen LogP contribution in [0.2, 0.25) is 0 Å². The number of anilines is 2. The Morgan fingerprint density at radius 1 is 1.03 bits per heavy atom. The van der Waals surface area contributed by atoms with E-state index in [-0.39, 0.29) is 5.25 Å². The number of aromatic nitrogens is 3. The Kier molecular flexibility index (Phi) is 6.09. The van der Waals surface area contributed by atoms with Gasteiger partial charge in [0.2, 0.25) is 10.2 Å². The number of hydrogen-bond acceptors (Lipinski definition) is 8. The minimum Gasteiger partial charge on any atom is -0.611 e. The van der Waals surface area contributed by atoms with E-state index in [1.54, 1.807) is 0 Å². The number of pyridine rings is 1. The molecule has 0 bridgehead atoms. The predicted molar refractivity (Wildman–Crippen MR) is 144 cm³/mol. The summed E-state index contributed by atoms with van der Waals surface area (Å²) in [5.41, 5.74) is 11.0. The second-order valence-corrected chi connectivity index (χ2v) is 12.2. The van der Waals surface area contributed by atoms with Gasteiger partial charge in [-0.1, -0.05) is 41.7 Å². The number of thiophene rings is 1. The van der Waals surface area contributed by atoms with Crippen LogP contribution in [-0.4, -0.2) is 62.9 Å². The first-order chi connectivity index (χ1) is 17.1. The summed E-state index contributed by atoms with van der Waals surface area (Å²) in [4.78, 5) is 19.6. The van der Waals surface area contributed by atoms with E-state index in [1.165, 1.54) is 11.3 Å². The molecule has 2 aliphatic rings. The average molecular weight is 505 g/mol. The summed E-state index contributed by atoms with van der Waals surface area (Å²) in [5, 5.41) is 1.10. The molecule has 180 valence electrons. The first kappa shape index (κ1) is 22.7. The number of hydrogen-bond donors (Lipinski definition) is 1. The normalized spacial score (nSPS) is 18.1. The molecular formula is C26H28N6OS2. The molecule has 1 saturated carbocycles. The summed E-state index contributed by atoms with van der Waals surface area (Å²) < 4.78 is 14.0. The molecule has 1 aliphatic heterocycles. The summed E-state index contributed by atoms with van der Waals surface area (Å²) in [6.45, 7) is 3.86. The lowest BCUT2D eigenvalue weighted by Crippen LogP contribution is -2.45. The zero-order valence-corrected chi connectivity index (χ0v) is 21.3. The van der Waals surface area contributed by atoms with Gasteiger partial charge in [-0.3, -0.25) is 0 Å². The Balaban J connectivity index is 1.42. The molecule has 2 N–H and O–H groups in total. The SMILES string of the molecule is CN1CCN(c2ncc(-c3cc(-c4ccccc4)c4c(N)c([S@@+]([O-])C5CCC5)sc4n3)cn2)CC1. The van der Waals surface area contributed by atoms with E-state index < -0.39 is 11.2 Å². The molecule has 7 nitrogen and oxygen atoms in total. The van der Waals surface area contributed by atoms with Gasteiger partial charge < -0.3 is 20.1 Å². The smallest absolute Gasteiger partial charge is 0.232 e. The number of nitrogen functional groups attached to an aromatic ring is 1. The van der Waals surface area contributed by atoms with Crippen molar-refractivity contribution in [3.8, 4) is 22.4 Å². The summed E-state index contributed by atoms with van der Waals surface area (Å²) in [6.07, 6.45) is 6.86. The van der Waals surface area contributed by atoms with Crippen molar-refractivity contribution in [3.05, 3.63) is 48.8 Å². The van der Waals surface area contributed by atoms with Gasteiger partial charge in [0.15, 0.2) is 0 Å². The number of nitrogens with two attached hydrogens (primary N) is 1. The summed E-state index contributed by atoms with van der Waals surface area (Å²) in [7, 11) is 2.14. The average Bonchev–Trinajstić information content (AvgIpc) is 3.20. The second kappa shape index (κ2) is 9.39. The van der Waals surface area contributed by atoms with Gasteiger partial charge in [-0.2, -0.15) is 0 Å². The fourth-order valence-corrected chi connectivity index (χ4v) is 7.81. The highest BCUT2D eigenvalue weighted by molar-refractivity contribution is 7.94. The van der Waals surface area contributed by atoms with Crippen molar-refractivity contribution in [2.24, 2.45) is 0 Å². The van der Waals surface area contributed by atoms with Crippen LogP contribution in [0, 0.1) is 0 Å². The minimum atomic E-state index is -1.09. The van der Waals surface area contributed by atoms with Crippen molar-refractivity contribution in [1.29, 1.82) is 0 Å². The lowest BCUT2D eigenvalue weighted by Gasteiger charge is -2.32. The maximum absolute atomic E-state index is 13.2. The molecule has 3 aromatic heterocycles. The van der Waals surface area contributed by atoms with Crippen LogP contribution in [0.15, 0.2) is 53.0 Å². The Labute approximate surface area is 212 Å². The first-order valence-corrected chi connectivity index (χ1v) is 14.1. The van der Waals surface area contributed by atoms with Crippen molar-refractivity contribution in [1.82, 2.24) is 19.9 Å². The highest BCUT2D eigenvalue weighted by Crippen LogP contribution is 2.45. The van der Waals surface area contributed by atoms with Gasteiger partial charge in [-0.05, 0) is 43.5 Å². The number of likely N-dealkylation sites (N-methyl/N-ethyl adjacent to an activating group) is 1. The molecule has 2 fully saturated rings. The third kappa shape index (κ3) is 4.27.